The van der Waals surface area contributed by atoms with Crippen LogP contribution in [0.5, 0.6) is 0 Å². The zero-order valence-electron chi connectivity index (χ0n) is 10.7. The predicted molar refractivity (Wildman–Crippen MR) is 72.3 cm³/mol. The Bertz CT molecular complexity index is 348. The summed E-state index contributed by atoms with van der Waals surface area (Å²) in [5.41, 5.74) is 7.77. The molecule has 1 heterocycles. The summed E-state index contributed by atoms with van der Waals surface area (Å²) in [5.74, 6) is 0. The zero-order valence-corrected chi connectivity index (χ0v) is 10.7. The van der Waals surface area contributed by atoms with E-state index in [9.17, 15) is 0 Å². The Morgan fingerprint density at radius 3 is 2.65 bits per heavy atom. The highest BCUT2D eigenvalue weighted by molar-refractivity contribution is 5.53. The Balaban J connectivity index is 1.99. The van der Waals surface area contributed by atoms with Crippen molar-refractivity contribution in [2.45, 2.75) is 38.9 Å². The summed E-state index contributed by atoms with van der Waals surface area (Å²) >= 11 is 0. The minimum Gasteiger partial charge on any atom is -0.399 e. The van der Waals surface area contributed by atoms with E-state index in [0.717, 1.165) is 18.8 Å². The van der Waals surface area contributed by atoms with Gasteiger partial charge in [0, 0.05) is 24.5 Å². The van der Waals surface area contributed by atoms with Crippen molar-refractivity contribution in [2.75, 3.05) is 23.7 Å². The fourth-order valence-electron chi connectivity index (χ4n) is 2.35. The zero-order chi connectivity index (χ0) is 12.3. The van der Waals surface area contributed by atoms with Crippen LogP contribution >= 0.6 is 0 Å². The van der Waals surface area contributed by atoms with Crippen molar-refractivity contribution in [1.29, 1.82) is 0 Å². The molecule has 0 bridgehead atoms. The summed E-state index contributed by atoms with van der Waals surface area (Å²) < 4.78 is 5.90. The normalized spacial score (nSPS) is 20.9. The van der Waals surface area contributed by atoms with E-state index in [1.807, 2.05) is 12.1 Å². The van der Waals surface area contributed by atoms with Crippen LogP contribution in [0, 0.1) is 0 Å². The maximum atomic E-state index is 5.90. The maximum absolute atomic E-state index is 5.90. The SMILES string of the molecule is CC(C)OC1CCCN(c2ccc(N)cc2)C1. The van der Waals surface area contributed by atoms with Crippen molar-refractivity contribution in [1.82, 2.24) is 0 Å². The third kappa shape index (κ3) is 3.37. The van der Waals surface area contributed by atoms with Crippen molar-refractivity contribution >= 4 is 11.4 Å². The number of benzene rings is 1. The molecular weight excluding hydrogens is 212 g/mol. The Labute approximate surface area is 104 Å². The van der Waals surface area contributed by atoms with E-state index < -0.39 is 0 Å². The lowest BCUT2D eigenvalue weighted by Crippen LogP contribution is -2.40. The molecule has 3 heteroatoms. The van der Waals surface area contributed by atoms with Crippen molar-refractivity contribution < 1.29 is 4.74 Å². The van der Waals surface area contributed by atoms with Gasteiger partial charge < -0.3 is 15.4 Å². The Morgan fingerprint density at radius 2 is 2.00 bits per heavy atom. The second-order valence-corrected chi connectivity index (χ2v) is 4.99. The molecule has 2 N–H and O–H groups in total. The largest absolute Gasteiger partial charge is 0.399 e. The lowest BCUT2D eigenvalue weighted by molar-refractivity contribution is 0.00103. The summed E-state index contributed by atoms with van der Waals surface area (Å²) in [5, 5.41) is 0. The number of nitrogens with two attached hydrogens (primary N) is 1. The fourth-order valence-corrected chi connectivity index (χ4v) is 2.35. The van der Waals surface area contributed by atoms with E-state index in [2.05, 4.69) is 30.9 Å². The first-order valence-electron chi connectivity index (χ1n) is 6.41. The molecule has 1 aliphatic rings. The first kappa shape index (κ1) is 12.2. The molecule has 0 aliphatic carbocycles. The van der Waals surface area contributed by atoms with Crippen LogP contribution < -0.4 is 10.6 Å². The lowest BCUT2D eigenvalue weighted by Gasteiger charge is -2.35. The van der Waals surface area contributed by atoms with Gasteiger partial charge in [-0.2, -0.15) is 0 Å². The number of hydrogen-bond donors (Lipinski definition) is 1. The van der Waals surface area contributed by atoms with Crippen molar-refractivity contribution in [2.24, 2.45) is 0 Å². The Hall–Kier alpha value is -1.22. The van der Waals surface area contributed by atoms with Crippen LogP contribution in [0.4, 0.5) is 11.4 Å². The number of rotatable bonds is 3. The van der Waals surface area contributed by atoms with Crippen LogP contribution in [0.1, 0.15) is 26.7 Å². The Kier molecular flexibility index (Phi) is 3.89. The van der Waals surface area contributed by atoms with Crippen LogP contribution in [0.2, 0.25) is 0 Å². The van der Waals surface area contributed by atoms with Crippen LogP contribution in [0.25, 0.3) is 0 Å². The van der Waals surface area contributed by atoms with Gasteiger partial charge in [0.15, 0.2) is 0 Å². The highest BCUT2D eigenvalue weighted by Crippen LogP contribution is 2.22. The van der Waals surface area contributed by atoms with E-state index in [1.54, 1.807) is 0 Å². The van der Waals surface area contributed by atoms with E-state index in [1.165, 1.54) is 18.5 Å². The molecule has 2 rings (SSSR count). The molecule has 0 amide bonds. The number of piperidine rings is 1. The van der Waals surface area contributed by atoms with Gasteiger partial charge in [-0.1, -0.05) is 0 Å². The van der Waals surface area contributed by atoms with Gasteiger partial charge in [0.1, 0.15) is 0 Å². The molecule has 0 radical (unpaired) electrons. The molecule has 1 atom stereocenters. The molecular formula is C14H22N2O. The van der Waals surface area contributed by atoms with Gasteiger partial charge in [-0.25, -0.2) is 0 Å². The molecule has 3 nitrogen and oxygen atoms in total. The summed E-state index contributed by atoms with van der Waals surface area (Å²) in [6.07, 6.45) is 3.04. The molecule has 1 fully saturated rings. The second-order valence-electron chi connectivity index (χ2n) is 4.99. The van der Waals surface area contributed by atoms with Gasteiger partial charge in [-0.15, -0.1) is 0 Å². The lowest BCUT2D eigenvalue weighted by atomic mass is 10.1. The highest BCUT2D eigenvalue weighted by atomic mass is 16.5. The average molecular weight is 234 g/mol. The molecule has 1 aromatic rings. The van der Waals surface area contributed by atoms with Crippen LogP contribution in [0.3, 0.4) is 0 Å². The predicted octanol–water partition coefficient (Wildman–Crippen LogP) is 2.66. The number of anilines is 2. The van der Waals surface area contributed by atoms with Gasteiger partial charge in [0.2, 0.25) is 0 Å². The van der Waals surface area contributed by atoms with Crippen LogP contribution in [-0.4, -0.2) is 25.3 Å². The topological polar surface area (TPSA) is 38.5 Å². The van der Waals surface area contributed by atoms with Gasteiger partial charge in [0.05, 0.1) is 12.2 Å². The molecule has 0 aromatic heterocycles. The number of hydrogen-bond acceptors (Lipinski definition) is 3. The standard InChI is InChI=1S/C14H22N2O/c1-11(2)17-14-4-3-9-16(10-14)13-7-5-12(15)6-8-13/h5-8,11,14H,3-4,9-10,15H2,1-2H3. The second kappa shape index (κ2) is 5.41. The van der Waals surface area contributed by atoms with Gasteiger partial charge in [0.25, 0.3) is 0 Å². The van der Waals surface area contributed by atoms with Gasteiger partial charge in [-0.05, 0) is 51.0 Å². The third-order valence-corrected chi connectivity index (χ3v) is 3.10. The molecule has 1 saturated heterocycles. The molecule has 1 unspecified atom stereocenters. The molecule has 1 aromatic carbocycles. The summed E-state index contributed by atoms with van der Waals surface area (Å²) in [4.78, 5) is 2.38. The highest BCUT2D eigenvalue weighted by Gasteiger charge is 2.21. The van der Waals surface area contributed by atoms with E-state index in [0.29, 0.717) is 12.2 Å². The molecule has 94 valence electrons. The smallest absolute Gasteiger partial charge is 0.0754 e. The molecule has 0 saturated carbocycles. The average Bonchev–Trinajstić information content (AvgIpc) is 2.29. The van der Waals surface area contributed by atoms with E-state index in [4.69, 9.17) is 10.5 Å². The number of ether oxygens (including phenoxy) is 1. The summed E-state index contributed by atoms with van der Waals surface area (Å²) in [6.45, 7) is 6.30. The third-order valence-electron chi connectivity index (χ3n) is 3.10. The van der Waals surface area contributed by atoms with Crippen molar-refractivity contribution in [3.05, 3.63) is 24.3 Å². The van der Waals surface area contributed by atoms with Crippen LogP contribution in [-0.2, 0) is 4.74 Å². The first-order chi connectivity index (χ1) is 8.15. The summed E-state index contributed by atoms with van der Waals surface area (Å²) in [7, 11) is 0. The van der Waals surface area contributed by atoms with E-state index in [-0.39, 0.29) is 0 Å². The first-order valence-corrected chi connectivity index (χ1v) is 6.41. The van der Waals surface area contributed by atoms with E-state index >= 15 is 0 Å². The molecule has 1 aliphatic heterocycles. The molecule has 17 heavy (non-hydrogen) atoms. The fraction of sp³-hybridized carbons (Fsp3) is 0.571. The van der Waals surface area contributed by atoms with Crippen LogP contribution in [0.15, 0.2) is 24.3 Å². The van der Waals surface area contributed by atoms with Crippen molar-refractivity contribution in [3.63, 3.8) is 0 Å². The van der Waals surface area contributed by atoms with Gasteiger partial charge >= 0.3 is 0 Å². The Morgan fingerprint density at radius 1 is 1.29 bits per heavy atom. The summed E-state index contributed by atoms with van der Waals surface area (Å²) in [6, 6.07) is 8.10. The number of nitrogens with zero attached hydrogens (tertiary/aromatic N) is 1. The maximum Gasteiger partial charge on any atom is 0.0754 e. The monoisotopic (exact) mass is 234 g/mol. The quantitative estimate of drug-likeness (QED) is 0.817. The minimum absolute atomic E-state index is 0.311. The van der Waals surface area contributed by atoms with Crippen molar-refractivity contribution in [3.8, 4) is 0 Å². The molecule has 0 spiro atoms. The minimum atomic E-state index is 0.311. The van der Waals surface area contributed by atoms with Gasteiger partial charge in [-0.3, -0.25) is 0 Å². The number of nitrogen functional groups attached to an aromatic ring is 1.